The van der Waals surface area contributed by atoms with Gasteiger partial charge in [-0.1, -0.05) is 29.3 Å². The minimum Gasteiger partial charge on any atom is -0.493 e. The van der Waals surface area contributed by atoms with Crippen LogP contribution in [0, 0.1) is 17.0 Å². The predicted octanol–water partition coefficient (Wildman–Crippen LogP) is 5.99. The summed E-state index contributed by atoms with van der Waals surface area (Å²) in [6.07, 6.45) is 1.53. The number of hydrogen-bond donors (Lipinski definition) is 1. The van der Waals surface area contributed by atoms with Crippen molar-refractivity contribution in [2.24, 2.45) is 4.99 Å². The van der Waals surface area contributed by atoms with Crippen LogP contribution in [0.1, 0.15) is 11.1 Å². The Balaban J connectivity index is 1.62. The molecule has 0 bridgehead atoms. The molecule has 1 aliphatic heterocycles. The Morgan fingerprint density at radius 1 is 1.16 bits per heavy atom. The van der Waals surface area contributed by atoms with E-state index in [-0.39, 0.29) is 47.3 Å². The highest BCUT2D eigenvalue weighted by molar-refractivity contribution is 9.10. The number of nitro benzene ring substituents is 1. The highest BCUT2D eigenvalue weighted by atomic mass is 79.9. The van der Waals surface area contributed by atoms with Gasteiger partial charge >= 0.3 is 10.1 Å². The smallest absolute Gasteiger partial charge is 0.339 e. The van der Waals surface area contributed by atoms with Crippen LogP contribution in [0.2, 0.25) is 5.02 Å². The second kappa shape index (κ2) is 11.2. The Morgan fingerprint density at radius 3 is 2.53 bits per heavy atom. The fourth-order valence-corrected chi connectivity index (χ4v) is 5.85. The van der Waals surface area contributed by atoms with Crippen molar-refractivity contribution in [1.29, 1.82) is 0 Å². The van der Waals surface area contributed by atoms with Crippen molar-refractivity contribution in [3.8, 4) is 11.5 Å². The minimum atomic E-state index is -4.14. The zero-order valence-electron chi connectivity index (χ0n) is 19.6. The molecule has 196 valence electrons. The number of methoxy groups -OCH3 is 1. The van der Waals surface area contributed by atoms with Gasteiger partial charge in [-0.05, 0) is 82.7 Å². The number of amidine groups is 1. The number of nitrogens with one attached hydrogen (secondary N) is 1. The lowest BCUT2D eigenvalue weighted by molar-refractivity contribution is -0.384. The van der Waals surface area contributed by atoms with Crippen molar-refractivity contribution in [3.63, 3.8) is 0 Å². The molecule has 1 fully saturated rings. The van der Waals surface area contributed by atoms with Crippen molar-refractivity contribution < 1.29 is 27.1 Å². The average Bonchev–Trinajstić information content (AvgIpc) is 3.20. The molecule has 1 N–H and O–H groups in total. The summed E-state index contributed by atoms with van der Waals surface area (Å²) in [4.78, 5) is 27.7. The first-order chi connectivity index (χ1) is 18.0. The number of thioether (sulfide) groups is 1. The lowest BCUT2D eigenvalue weighted by Gasteiger charge is -2.13. The molecule has 0 aromatic heterocycles. The second-order valence-corrected chi connectivity index (χ2v) is 11.6. The van der Waals surface area contributed by atoms with E-state index in [1.165, 1.54) is 49.6 Å². The molecule has 0 radical (unpaired) electrons. The molecule has 10 nitrogen and oxygen atoms in total. The molecule has 3 aromatic rings. The topological polar surface area (TPSA) is 137 Å². The first-order valence-corrected chi connectivity index (χ1v) is 14.0. The molecule has 0 atom stereocenters. The molecule has 0 unspecified atom stereocenters. The average molecular weight is 639 g/mol. The summed E-state index contributed by atoms with van der Waals surface area (Å²) in [5.74, 6) is -0.422. The summed E-state index contributed by atoms with van der Waals surface area (Å²) in [5.41, 5.74) is 1.12. The number of carbonyl (C=O) groups is 1. The maximum Gasteiger partial charge on any atom is 0.339 e. The number of nitrogens with zero attached hydrogens (tertiary/aromatic N) is 2. The fourth-order valence-electron chi connectivity index (χ4n) is 3.25. The zero-order valence-corrected chi connectivity index (χ0v) is 23.6. The molecule has 0 saturated carbocycles. The number of aliphatic imine (C=N–C) groups is 1. The van der Waals surface area contributed by atoms with Gasteiger partial charge in [0.1, 0.15) is 10.6 Å². The van der Waals surface area contributed by atoms with Gasteiger partial charge in [0.15, 0.2) is 16.7 Å². The van der Waals surface area contributed by atoms with Gasteiger partial charge in [-0.25, -0.2) is 4.99 Å². The lowest BCUT2D eigenvalue weighted by atomic mass is 10.2. The van der Waals surface area contributed by atoms with Gasteiger partial charge in [0.05, 0.1) is 21.4 Å². The summed E-state index contributed by atoms with van der Waals surface area (Å²) < 4.78 is 36.5. The molecule has 1 aliphatic rings. The number of amides is 1. The molecule has 1 amide bonds. The summed E-state index contributed by atoms with van der Waals surface area (Å²) in [6.45, 7) is 1.84. The summed E-state index contributed by atoms with van der Waals surface area (Å²) >= 11 is 10.1. The SMILES string of the molecule is COc1cc(/C=C2/SC(=Nc3ccc(Cl)cc3[N+](=O)[O-])NC2=O)cc(Br)c1OS(=O)(=O)c1ccc(C)cc1. The van der Waals surface area contributed by atoms with Gasteiger partial charge in [0.2, 0.25) is 0 Å². The third kappa shape index (κ3) is 6.18. The molecular formula is C24H17BrClN3O7S2. The van der Waals surface area contributed by atoms with Crippen LogP contribution in [0.15, 0.2) is 73.9 Å². The van der Waals surface area contributed by atoms with E-state index in [0.717, 1.165) is 17.3 Å². The number of benzene rings is 3. The Hall–Kier alpha value is -3.39. The largest absolute Gasteiger partial charge is 0.493 e. The lowest BCUT2D eigenvalue weighted by Crippen LogP contribution is -2.19. The van der Waals surface area contributed by atoms with E-state index in [9.17, 15) is 23.3 Å². The monoisotopic (exact) mass is 637 g/mol. The maximum absolute atomic E-state index is 12.8. The van der Waals surface area contributed by atoms with E-state index in [1.54, 1.807) is 18.2 Å². The zero-order chi connectivity index (χ0) is 27.6. The van der Waals surface area contributed by atoms with Crippen molar-refractivity contribution in [2.45, 2.75) is 11.8 Å². The van der Waals surface area contributed by atoms with Crippen LogP contribution in [-0.4, -0.2) is 31.5 Å². The molecule has 1 saturated heterocycles. The highest BCUT2D eigenvalue weighted by Crippen LogP contribution is 2.40. The number of rotatable bonds is 7. The van der Waals surface area contributed by atoms with Crippen LogP contribution in [-0.2, 0) is 14.9 Å². The molecule has 3 aromatic carbocycles. The van der Waals surface area contributed by atoms with Crippen molar-refractivity contribution in [2.75, 3.05) is 7.11 Å². The molecule has 4 rings (SSSR count). The van der Waals surface area contributed by atoms with E-state index in [4.69, 9.17) is 20.5 Å². The number of halogens is 2. The highest BCUT2D eigenvalue weighted by Gasteiger charge is 2.26. The third-order valence-corrected chi connectivity index (χ3v) is 8.03. The molecule has 38 heavy (non-hydrogen) atoms. The molecule has 1 heterocycles. The number of hydrogen-bond acceptors (Lipinski definition) is 9. The fraction of sp³-hybridized carbons (Fsp3) is 0.0833. The van der Waals surface area contributed by atoms with Gasteiger partial charge in [-0.2, -0.15) is 8.42 Å². The van der Waals surface area contributed by atoms with E-state index in [2.05, 4.69) is 26.2 Å². The van der Waals surface area contributed by atoms with Crippen molar-refractivity contribution >= 4 is 77.9 Å². The Labute approximate surface area is 235 Å². The van der Waals surface area contributed by atoms with Crippen LogP contribution in [0.4, 0.5) is 11.4 Å². The first kappa shape index (κ1) is 27.6. The third-order valence-electron chi connectivity index (χ3n) is 5.06. The molecule has 0 spiro atoms. The number of nitro groups is 1. The van der Waals surface area contributed by atoms with Gasteiger partial charge in [-0.15, -0.1) is 0 Å². The summed E-state index contributed by atoms with van der Waals surface area (Å²) in [6, 6.07) is 13.3. The van der Waals surface area contributed by atoms with Gasteiger partial charge in [0.25, 0.3) is 11.6 Å². The van der Waals surface area contributed by atoms with Gasteiger partial charge < -0.3 is 14.2 Å². The van der Waals surface area contributed by atoms with Gasteiger partial charge in [-0.3, -0.25) is 14.9 Å². The summed E-state index contributed by atoms with van der Waals surface area (Å²) in [5, 5.41) is 14.2. The number of aryl methyl sites for hydroxylation is 1. The van der Waals surface area contributed by atoms with Crippen LogP contribution >= 0.6 is 39.3 Å². The Kier molecular flexibility index (Phi) is 8.11. The second-order valence-electron chi connectivity index (χ2n) is 7.76. The predicted molar refractivity (Wildman–Crippen MR) is 149 cm³/mol. The molecular weight excluding hydrogens is 622 g/mol. The minimum absolute atomic E-state index is 0.0185. The quantitative estimate of drug-likeness (QED) is 0.144. The Bertz CT molecular complexity index is 1620. The van der Waals surface area contributed by atoms with E-state index < -0.39 is 20.9 Å². The standard InChI is InChI=1S/C24H17BrClN3O7S2/c1-13-3-6-16(7-4-13)38(33,34)36-22-17(25)9-14(10-20(22)35-2)11-21-23(30)28-24(37-21)27-18-8-5-15(26)12-19(18)29(31)32/h3-12H,1-2H3,(H,27,28,30)/b21-11+. The van der Waals surface area contributed by atoms with E-state index in [1.807, 2.05) is 6.92 Å². The van der Waals surface area contributed by atoms with E-state index in [0.29, 0.717) is 5.56 Å². The maximum atomic E-state index is 12.8. The Morgan fingerprint density at radius 2 is 1.87 bits per heavy atom. The van der Waals surface area contributed by atoms with Crippen LogP contribution in [0.5, 0.6) is 11.5 Å². The normalized spacial score (nSPS) is 15.5. The van der Waals surface area contributed by atoms with Crippen LogP contribution in [0.3, 0.4) is 0 Å². The summed E-state index contributed by atoms with van der Waals surface area (Å²) in [7, 11) is -2.79. The number of ether oxygens (including phenoxy) is 1. The van der Waals surface area contributed by atoms with Crippen molar-refractivity contribution in [1.82, 2.24) is 5.32 Å². The van der Waals surface area contributed by atoms with Crippen LogP contribution < -0.4 is 14.2 Å². The molecule has 14 heteroatoms. The van der Waals surface area contributed by atoms with Crippen LogP contribution in [0.25, 0.3) is 6.08 Å². The van der Waals surface area contributed by atoms with E-state index >= 15 is 0 Å². The molecule has 0 aliphatic carbocycles. The van der Waals surface area contributed by atoms with Crippen molar-refractivity contribution in [3.05, 3.63) is 90.2 Å². The van der Waals surface area contributed by atoms with Gasteiger partial charge in [0, 0.05) is 11.1 Å². The number of carbonyl (C=O) groups excluding carboxylic acids is 1. The first-order valence-electron chi connectivity index (χ1n) is 10.6.